The van der Waals surface area contributed by atoms with E-state index in [0.717, 1.165) is 23.3 Å². The summed E-state index contributed by atoms with van der Waals surface area (Å²) in [6.45, 7) is 2.57. The maximum Gasteiger partial charge on any atom is 0.423 e. The van der Waals surface area contributed by atoms with Gasteiger partial charge in [-0.05, 0) is 47.9 Å². The van der Waals surface area contributed by atoms with E-state index in [9.17, 15) is 23.1 Å². The molecule has 0 unspecified atom stereocenters. The van der Waals surface area contributed by atoms with Gasteiger partial charge in [0.2, 0.25) is 11.5 Å². The number of aryl methyl sites for hydroxylation is 1. The Morgan fingerprint density at radius 3 is 2.17 bits per heavy atom. The second-order valence-electron chi connectivity index (χ2n) is 6.52. The first-order valence-electron chi connectivity index (χ1n) is 8.37. The molecule has 0 bridgehead atoms. The molecule has 29 heavy (non-hydrogen) atoms. The number of benzene rings is 2. The number of hydrogen-bond acceptors (Lipinski definition) is 3. The number of carbonyl (C=O) groups is 1. The highest BCUT2D eigenvalue weighted by Crippen LogP contribution is 2.43. The van der Waals surface area contributed by atoms with E-state index in [1.807, 2.05) is 0 Å². The fourth-order valence-corrected chi connectivity index (χ4v) is 3.21. The molecule has 158 valence electrons. The zero-order valence-electron chi connectivity index (χ0n) is 15.4. The Morgan fingerprint density at radius 1 is 1.10 bits per heavy atom. The predicted molar refractivity (Wildman–Crippen MR) is 109 cm³/mol. The molecule has 0 aromatic heterocycles. The molecule has 1 amide bonds. The topological polar surface area (TPSA) is 61.4 Å². The number of amides is 1. The fourth-order valence-electron chi connectivity index (χ4n) is 2.61. The molecule has 3 N–H and O–H groups in total. The molecule has 1 atom stereocenters. The number of nitrogens with one attached hydrogen (secondary N) is 2. The predicted octanol–water partition coefficient (Wildman–Crippen LogP) is 5.45. The van der Waals surface area contributed by atoms with Crippen LogP contribution < -0.4 is 10.6 Å². The quantitative estimate of drug-likeness (QED) is 0.493. The Kier molecular flexibility index (Phi) is 7.32. The van der Waals surface area contributed by atoms with Gasteiger partial charge in [0.05, 0.1) is 21.6 Å². The van der Waals surface area contributed by atoms with Gasteiger partial charge in [0.25, 0.3) is 0 Å². The number of alkyl halides is 3. The maximum atomic E-state index is 13.7. The molecule has 0 aliphatic heterocycles. The van der Waals surface area contributed by atoms with Crippen molar-refractivity contribution in [2.24, 2.45) is 0 Å². The average Bonchev–Trinajstić information content (AvgIpc) is 2.61. The minimum Gasteiger partial charge on any atom is -0.381 e. The molecule has 0 radical (unpaired) electrons. The van der Waals surface area contributed by atoms with Crippen molar-refractivity contribution in [1.82, 2.24) is 5.32 Å². The second-order valence-corrected chi connectivity index (χ2v) is 7.71. The number of aliphatic hydroxyl groups is 1. The first kappa shape index (κ1) is 23.6. The molecule has 4 nitrogen and oxygen atoms in total. The molecule has 0 aliphatic rings. The minimum absolute atomic E-state index is 0.0973. The van der Waals surface area contributed by atoms with E-state index >= 15 is 0 Å². The molecular formula is C19H18Cl3F3N2O2. The summed E-state index contributed by atoms with van der Waals surface area (Å²) in [7, 11) is 0. The number of halogens is 6. The zero-order valence-corrected chi connectivity index (χ0v) is 17.7. The monoisotopic (exact) mass is 468 g/mol. The smallest absolute Gasteiger partial charge is 0.381 e. The summed E-state index contributed by atoms with van der Waals surface area (Å²) in [5.74, 6) is -0.192. The molecule has 2 aromatic carbocycles. The van der Waals surface area contributed by atoms with Gasteiger partial charge < -0.3 is 15.7 Å². The van der Waals surface area contributed by atoms with Crippen molar-refractivity contribution in [3.8, 4) is 0 Å². The van der Waals surface area contributed by atoms with Gasteiger partial charge in [-0.1, -0.05) is 40.9 Å². The van der Waals surface area contributed by atoms with E-state index < -0.39 is 23.9 Å². The Hall–Kier alpha value is -1.67. The van der Waals surface area contributed by atoms with Crippen LogP contribution in [0.25, 0.3) is 0 Å². The first-order chi connectivity index (χ1) is 13.3. The Labute approximate surface area is 181 Å². The van der Waals surface area contributed by atoms with Gasteiger partial charge in [-0.2, -0.15) is 13.2 Å². The summed E-state index contributed by atoms with van der Waals surface area (Å²) >= 11 is 17.5. The fraction of sp³-hybridized carbons (Fsp3) is 0.316. The van der Waals surface area contributed by atoms with Crippen LogP contribution in [-0.4, -0.2) is 23.7 Å². The van der Waals surface area contributed by atoms with Crippen molar-refractivity contribution < 1.29 is 23.1 Å². The highest BCUT2D eigenvalue weighted by Gasteiger charge is 2.55. The lowest BCUT2D eigenvalue weighted by molar-refractivity contribution is -0.260. The van der Waals surface area contributed by atoms with Gasteiger partial charge in [-0.25, -0.2) is 0 Å². The van der Waals surface area contributed by atoms with Crippen molar-refractivity contribution in [2.75, 3.05) is 11.9 Å². The van der Waals surface area contributed by atoms with E-state index in [4.69, 9.17) is 34.8 Å². The van der Waals surface area contributed by atoms with E-state index in [0.29, 0.717) is 12.2 Å². The van der Waals surface area contributed by atoms with Gasteiger partial charge in [0, 0.05) is 19.2 Å². The van der Waals surface area contributed by atoms with Crippen molar-refractivity contribution in [2.45, 2.75) is 32.2 Å². The van der Waals surface area contributed by atoms with Crippen LogP contribution in [0.2, 0.25) is 15.1 Å². The number of carbonyl (C=O) groups excluding carboxylic acids is 1. The zero-order chi connectivity index (χ0) is 22.0. The highest BCUT2D eigenvalue weighted by molar-refractivity contribution is 6.48. The SMILES string of the molecule is CC(=O)NCc1ccc(NC[C@](O)(c2cc(Cl)c(Cl)c(Cl)c2)C(F)(F)F)cc1C. The summed E-state index contributed by atoms with van der Waals surface area (Å²) in [5, 5.41) is 15.2. The normalized spacial score (nSPS) is 13.7. The molecule has 10 heteroatoms. The van der Waals surface area contributed by atoms with Crippen LogP contribution in [0.4, 0.5) is 18.9 Å². The summed E-state index contributed by atoms with van der Waals surface area (Å²) in [5.41, 5.74) is -1.85. The molecule has 2 aromatic rings. The highest BCUT2D eigenvalue weighted by atomic mass is 35.5. The molecule has 0 saturated carbocycles. The molecule has 0 spiro atoms. The molecular weight excluding hydrogens is 452 g/mol. The molecule has 0 heterocycles. The van der Waals surface area contributed by atoms with Crippen molar-refractivity contribution in [3.63, 3.8) is 0 Å². The summed E-state index contributed by atoms with van der Waals surface area (Å²) in [6.07, 6.45) is -5.01. The molecule has 0 fully saturated rings. The molecule has 0 aliphatic carbocycles. The number of anilines is 1. The third-order valence-electron chi connectivity index (χ3n) is 4.35. The lowest BCUT2D eigenvalue weighted by Crippen LogP contribution is -2.47. The van der Waals surface area contributed by atoms with Crippen LogP contribution in [0.5, 0.6) is 0 Å². The van der Waals surface area contributed by atoms with Gasteiger partial charge in [-0.15, -0.1) is 0 Å². The third-order valence-corrected chi connectivity index (χ3v) is 5.55. The minimum atomic E-state index is -5.01. The van der Waals surface area contributed by atoms with Crippen molar-refractivity contribution >= 4 is 46.4 Å². The van der Waals surface area contributed by atoms with E-state index in [1.54, 1.807) is 25.1 Å². The standard InChI is InChI=1S/C19H18Cl3F3N2O2/c1-10-5-14(4-3-12(10)8-26-11(2)28)27-9-18(29,19(23,24)25)13-6-15(20)17(22)16(21)7-13/h3-7,27,29H,8-9H2,1-2H3,(H,26,28)/t18-/m0/s1. The van der Waals surface area contributed by atoms with Crippen molar-refractivity contribution in [3.05, 3.63) is 62.1 Å². The maximum absolute atomic E-state index is 13.7. The summed E-state index contributed by atoms with van der Waals surface area (Å²) in [6, 6.07) is 6.73. The number of hydrogen-bond donors (Lipinski definition) is 3. The summed E-state index contributed by atoms with van der Waals surface area (Å²) < 4.78 is 41.2. The van der Waals surface area contributed by atoms with E-state index in [1.165, 1.54) is 6.92 Å². The van der Waals surface area contributed by atoms with Gasteiger partial charge in [0.15, 0.2) is 0 Å². The van der Waals surface area contributed by atoms with Crippen LogP contribution in [0.3, 0.4) is 0 Å². The Morgan fingerprint density at radius 2 is 1.69 bits per heavy atom. The van der Waals surface area contributed by atoms with Gasteiger partial charge in [-0.3, -0.25) is 4.79 Å². The van der Waals surface area contributed by atoms with Gasteiger partial charge in [0.1, 0.15) is 0 Å². The van der Waals surface area contributed by atoms with Crippen LogP contribution in [0.15, 0.2) is 30.3 Å². The second kappa shape index (κ2) is 9.00. The van der Waals surface area contributed by atoms with Crippen LogP contribution in [-0.2, 0) is 16.9 Å². The average molecular weight is 470 g/mol. The lowest BCUT2D eigenvalue weighted by atomic mass is 9.92. The number of rotatable bonds is 6. The van der Waals surface area contributed by atoms with E-state index in [2.05, 4.69) is 10.6 Å². The Bertz CT molecular complexity index is 899. The largest absolute Gasteiger partial charge is 0.423 e. The van der Waals surface area contributed by atoms with Crippen LogP contribution in [0, 0.1) is 6.92 Å². The Balaban J connectivity index is 2.28. The molecule has 0 saturated heterocycles. The van der Waals surface area contributed by atoms with Crippen LogP contribution in [0.1, 0.15) is 23.6 Å². The first-order valence-corrected chi connectivity index (χ1v) is 9.50. The lowest BCUT2D eigenvalue weighted by Gasteiger charge is -2.32. The van der Waals surface area contributed by atoms with Gasteiger partial charge >= 0.3 is 6.18 Å². The van der Waals surface area contributed by atoms with Crippen LogP contribution >= 0.6 is 34.8 Å². The molecule has 2 rings (SSSR count). The third kappa shape index (κ3) is 5.48. The summed E-state index contributed by atoms with van der Waals surface area (Å²) in [4.78, 5) is 11.0. The van der Waals surface area contributed by atoms with E-state index in [-0.39, 0.29) is 21.0 Å². The van der Waals surface area contributed by atoms with Crippen molar-refractivity contribution in [1.29, 1.82) is 0 Å².